The molecular formula is C8H15NO2. The van der Waals surface area contributed by atoms with Crippen LogP contribution >= 0.6 is 0 Å². The van der Waals surface area contributed by atoms with Crippen LogP contribution in [0.2, 0.25) is 0 Å². The molecule has 1 saturated carbocycles. The Morgan fingerprint density at radius 1 is 1.82 bits per heavy atom. The number of hydrogen-bond acceptors (Lipinski definition) is 2. The van der Waals surface area contributed by atoms with E-state index in [9.17, 15) is 4.79 Å². The van der Waals surface area contributed by atoms with Crippen LogP contribution in [-0.2, 0) is 4.79 Å². The third kappa shape index (κ3) is 1.53. The van der Waals surface area contributed by atoms with Gasteiger partial charge in [-0.15, -0.1) is 0 Å². The molecule has 64 valence electrons. The number of carboxylic acids is 1. The zero-order valence-electron chi connectivity index (χ0n) is 6.84. The molecule has 2 atom stereocenters. The van der Waals surface area contributed by atoms with Crippen molar-refractivity contribution in [2.24, 2.45) is 11.7 Å². The van der Waals surface area contributed by atoms with Gasteiger partial charge in [0.1, 0.15) is 5.54 Å². The Morgan fingerprint density at radius 2 is 2.45 bits per heavy atom. The first kappa shape index (κ1) is 8.53. The fraction of sp³-hybridized carbons (Fsp3) is 0.875. The highest BCUT2D eigenvalue weighted by atomic mass is 16.4. The summed E-state index contributed by atoms with van der Waals surface area (Å²) in [7, 11) is 0. The highest BCUT2D eigenvalue weighted by Gasteiger charge is 2.56. The van der Waals surface area contributed by atoms with Crippen molar-refractivity contribution in [3.63, 3.8) is 0 Å². The van der Waals surface area contributed by atoms with Crippen LogP contribution in [0.25, 0.3) is 0 Å². The molecule has 0 bridgehead atoms. The molecule has 1 rings (SSSR count). The lowest BCUT2D eigenvalue weighted by Gasteiger charge is -2.03. The van der Waals surface area contributed by atoms with E-state index in [1.165, 1.54) is 0 Å². The van der Waals surface area contributed by atoms with Crippen molar-refractivity contribution in [1.29, 1.82) is 0 Å². The lowest BCUT2D eigenvalue weighted by atomic mass is 10.1. The third-order valence-electron chi connectivity index (χ3n) is 2.46. The zero-order chi connectivity index (χ0) is 8.48. The maximum Gasteiger partial charge on any atom is 0.323 e. The van der Waals surface area contributed by atoms with Gasteiger partial charge in [0, 0.05) is 0 Å². The molecule has 1 aliphatic carbocycles. The minimum Gasteiger partial charge on any atom is -0.480 e. The second-order valence-electron chi connectivity index (χ2n) is 3.39. The van der Waals surface area contributed by atoms with E-state index >= 15 is 0 Å². The summed E-state index contributed by atoms with van der Waals surface area (Å²) in [6.07, 6.45) is 3.85. The van der Waals surface area contributed by atoms with Crippen molar-refractivity contribution >= 4 is 5.97 Å². The third-order valence-corrected chi connectivity index (χ3v) is 2.46. The Labute approximate surface area is 66.6 Å². The van der Waals surface area contributed by atoms with Gasteiger partial charge in [0.2, 0.25) is 0 Å². The largest absolute Gasteiger partial charge is 0.480 e. The van der Waals surface area contributed by atoms with E-state index in [1.807, 2.05) is 0 Å². The molecule has 3 nitrogen and oxygen atoms in total. The first-order valence-electron chi connectivity index (χ1n) is 4.13. The number of unbranched alkanes of at least 4 members (excludes halogenated alkanes) is 1. The van der Waals surface area contributed by atoms with Crippen LogP contribution in [0, 0.1) is 5.92 Å². The average molecular weight is 157 g/mol. The van der Waals surface area contributed by atoms with Crippen molar-refractivity contribution in [2.75, 3.05) is 0 Å². The van der Waals surface area contributed by atoms with E-state index in [0.717, 1.165) is 19.3 Å². The van der Waals surface area contributed by atoms with Crippen LogP contribution in [0.5, 0.6) is 0 Å². The Morgan fingerprint density at radius 3 is 2.82 bits per heavy atom. The topological polar surface area (TPSA) is 63.3 Å². The standard InChI is InChI=1S/C8H15NO2/c1-2-3-4-6-5-8(6,9)7(10)11/h6H,2-5,9H2,1H3,(H,10,11)/t6-,8+/m0/s1. The molecule has 0 aromatic carbocycles. The lowest BCUT2D eigenvalue weighted by Crippen LogP contribution is -2.35. The molecule has 0 radical (unpaired) electrons. The summed E-state index contributed by atoms with van der Waals surface area (Å²) in [5.74, 6) is -0.599. The van der Waals surface area contributed by atoms with Gasteiger partial charge in [0.25, 0.3) is 0 Å². The van der Waals surface area contributed by atoms with Crippen LogP contribution in [0.3, 0.4) is 0 Å². The molecule has 11 heavy (non-hydrogen) atoms. The van der Waals surface area contributed by atoms with E-state index in [1.54, 1.807) is 0 Å². The Bertz CT molecular complexity index is 169. The zero-order valence-corrected chi connectivity index (χ0v) is 6.84. The normalized spacial score (nSPS) is 35.3. The fourth-order valence-corrected chi connectivity index (χ4v) is 1.42. The van der Waals surface area contributed by atoms with Gasteiger partial charge in [-0.2, -0.15) is 0 Å². The molecule has 3 N–H and O–H groups in total. The first-order chi connectivity index (χ1) is 5.11. The van der Waals surface area contributed by atoms with Gasteiger partial charge in [0.05, 0.1) is 0 Å². The number of carboxylic acid groups (broad SMARTS) is 1. The van der Waals surface area contributed by atoms with Crippen LogP contribution < -0.4 is 5.73 Å². The predicted molar refractivity (Wildman–Crippen MR) is 42.2 cm³/mol. The molecule has 1 aliphatic rings. The average Bonchev–Trinajstić information content (AvgIpc) is 2.59. The molecule has 0 aromatic rings. The molecule has 0 aliphatic heterocycles. The van der Waals surface area contributed by atoms with Gasteiger partial charge < -0.3 is 10.8 Å². The van der Waals surface area contributed by atoms with Crippen molar-refractivity contribution in [1.82, 2.24) is 0 Å². The predicted octanol–water partition coefficient (Wildman–Crippen LogP) is 0.979. The molecule has 0 heterocycles. The number of aliphatic carboxylic acids is 1. The summed E-state index contributed by atoms with van der Waals surface area (Å²) < 4.78 is 0. The van der Waals surface area contributed by atoms with Gasteiger partial charge in [-0.3, -0.25) is 4.79 Å². The van der Waals surface area contributed by atoms with Crippen LogP contribution in [0.1, 0.15) is 32.6 Å². The van der Waals surface area contributed by atoms with Crippen molar-refractivity contribution in [2.45, 2.75) is 38.1 Å². The number of nitrogens with two attached hydrogens (primary N) is 1. The molecule has 0 saturated heterocycles. The van der Waals surface area contributed by atoms with E-state index < -0.39 is 11.5 Å². The Hall–Kier alpha value is -0.570. The highest BCUT2D eigenvalue weighted by Crippen LogP contribution is 2.44. The van der Waals surface area contributed by atoms with E-state index in [-0.39, 0.29) is 5.92 Å². The number of carbonyl (C=O) groups is 1. The minimum atomic E-state index is -0.866. The summed E-state index contributed by atoms with van der Waals surface area (Å²) in [5.41, 5.74) is 4.71. The smallest absolute Gasteiger partial charge is 0.323 e. The van der Waals surface area contributed by atoms with Gasteiger partial charge in [0.15, 0.2) is 0 Å². The van der Waals surface area contributed by atoms with Gasteiger partial charge in [-0.1, -0.05) is 19.8 Å². The van der Waals surface area contributed by atoms with E-state index in [2.05, 4.69) is 6.92 Å². The SMILES string of the molecule is CCCC[C@H]1C[C@]1(N)C(=O)O. The maximum absolute atomic E-state index is 10.5. The Balaban J connectivity index is 2.29. The maximum atomic E-state index is 10.5. The quantitative estimate of drug-likeness (QED) is 0.639. The van der Waals surface area contributed by atoms with Crippen molar-refractivity contribution < 1.29 is 9.90 Å². The molecule has 3 heteroatoms. The summed E-state index contributed by atoms with van der Waals surface area (Å²) in [4.78, 5) is 10.5. The van der Waals surface area contributed by atoms with Crippen LogP contribution in [0.15, 0.2) is 0 Å². The summed E-state index contributed by atoms with van der Waals surface area (Å²) in [6.45, 7) is 2.10. The van der Waals surface area contributed by atoms with Crippen LogP contribution in [0.4, 0.5) is 0 Å². The van der Waals surface area contributed by atoms with Crippen LogP contribution in [-0.4, -0.2) is 16.6 Å². The summed E-state index contributed by atoms with van der Waals surface area (Å²) in [5, 5.41) is 8.66. The molecule has 0 unspecified atom stereocenters. The molecule has 1 fully saturated rings. The lowest BCUT2D eigenvalue weighted by molar-refractivity contribution is -0.140. The molecule has 0 spiro atoms. The second-order valence-corrected chi connectivity index (χ2v) is 3.39. The minimum absolute atomic E-state index is 0.236. The monoisotopic (exact) mass is 157 g/mol. The van der Waals surface area contributed by atoms with Gasteiger partial charge >= 0.3 is 5.97 Å². The summed E-state index contributed by atoms with van der Waals surface area (Å²) in [6, 6.07) is 0. The first-order valence-corrected chi connectivity index (χ1v) is 4.13. The second kappa shape index (κ2) is 2.81. The molecule has 0 aromatic heterocycles. The van der Waals surface area contributed by atoms with Crippen molar-refractivity contribution in [3.05, 3.63) is 0 Å². The Kier molecular flexibility index (Phi) is 2.18. The van der Waals surface area contributed by atoms with E-state index in [4.69, 9.17) is 10.8 Å². The molecular weight excluding hydrogens is 142 g/mol. The number of hydrogen-bond donors (Lipinski definition) is 2. The highest BCUT2D eigenvalue weighted by molar-refractivity contribution is 5.82. The van der Waals surface area contributed by atoms with Gasteiger partial charge in [-0.25, -0.2) is 0 Å². The summed E-state index contributed by atoms with van der Waals surface area (Å²) >= 11 is 0. The fourth-order valence-electron chi connectivity index (χ4n) is 1.42. The number of rotatable bonds is 4. The molecule has 0 amide bonds. The van der Waals surface area contributed by atoms with Gasteiger partial charge in [-0.05, 0) is 18.8 Å². The van der Waals surface area contributed by atoms with Crippen molar-refractivity contribution in [3.8, 4) is 0 Å². The van der Waals surface area contributed by atoms with E-state index in [0.29, 0.717) is 6.42 Å².